The van der Waals surface area contributed by atoms with Gasteiger partial charge in [0.25, 0.3) is 5.56 Å². The van der Waals surface area contributed by atoms with Crippen molar-refractivity contribution < 1.29 is 4.79 Å². The SMILES string of the molecule is Cc1ccc(CN2CCC(Nc3cnn(Cc4ccccc4)c(=O)c3Cl)C2=O)cc1. The van der Waals surface area contributed by atoms with Crippen LogP contribution in [0.2, 0.25) is 5.02 Å². The number of hydrogen-bond acceptors (Lipinski definition) is 4. The average Bonchev–Trinajstić information content (AvgIpc) is 3.09. The molecule has 1 N–H and O–H groups in total. The molecule has 30 heavy (non-hydrogen) atoms. The first-order valence-corrected chi connectivity index (χ1v) is 10.3. The number of aryl methyl sites for hydroxylation is 1. The molecule has 2 heterocycles. The van der Waals surface area contributed by atoms with Crippen LogP contribution in [-0.4, -0.2) is 33.2 Å². The fraction of sp³-hybridized carbons (Fsp3) is 0.261. The lowest BCUT2D eigenvalue weighted by Gasteiger charge is -2.18. The maximum Gasteiger partial charge on any atom is 0.287 e. The zero-order valence-corrected chi connectivity index (χ0v) is 17.5. The highest BCUT2D eigenvalue weighted by Crippen LogP contribution is 2.22. The van der Waals surface area contributed by atoms with Crippen molar-refractivity contribution in [3.8, 4) is 0 Å². The number of nitrogens with zero attached hydrogens (tertiary/aromatic N) is 3. The summed E-state index contributed by atoms with van der Waals surface area (Å²) in [5.74, 6) is 0.0000980. The van der Waals surface area contributed by atoms with E-state index in [1.54, 1.807) is 0 Å². The molecule has 2 aromatic carbocycles. The Morgan fingerprint density at radius 1 is 1.03 bits per heavy atom. The topological polar surface area (TPSA) is 67.2 Å². The molecule has 1 amide bonds. The van der Waals surface area contributed by atoms with E-state index in [-0.39, 0.29) is 16.5 Å². The molecule has 1 fully saturated rings. The third kappa shape index (κ3) is 4.39. The minimum Gasteiger partial charge on any atom is -0.371 e. The fourth-order valence-electron chi connectivity index (χ4n) is 3.57. The zero-order valence-electron chi connectivity index (χ0n) is 16.7. The number of anilines is 1. The van der Waals surface area contributed by atoms with Crippen molar-refractivity contribution in [2.24, 2.45) is 0 Å². The molecule has 3 aromatic rings. The van der Waals surface area contributed by atoms with Crippen molar-refractivity contribution in [1.29, 1.82) is 0 Å². The van der Waals surface area contributed by atoms with Crippen molar-refractivity contribution in [3.63, 3.8) is 0 Å². The molecule has 0 bridgehead atoms. The van der Waals surface area contributed by atoms with E-state index in [9.17, 15) is 9.59 Å². The molecule has 1 atom stereocenters. The first kappa shape index (κ1) is 20.2. The molecule has 0 radical (unpaired) electrons. The number of likely N-dealkylation sites (tertiary alicyclic amines) is 1. The number of benzene rings is 2. The van der Waals surface area contributed by atoms with E-state index in [0.29, 0.717) is 31.7 Å². The summed E-state index contributed by atoms with van der Waals surface area (Å²) >= 11 is 6.31. The van der Waals surface area contributed by atoms with E-state index in [2.05, 4.69) is 10.4 Å². The number of nitrogens with one attached hydrogen (secondary N) is 1. The monoisotopic (exact) mass is 422 g/mol. The molecule has 1 aliphatic heterocycles. The van der Waals surface area contributed by atoms with Crippen LogP contribution in [0.15, 0.2) is 65.6 Å². The van der Waals surface area contributed by atoms with E-state index in [1.807, 2.05) is 66.4 Å². The van der Waals surface area contributed by atoms with Gasteiger partial charge in [-0.15, -0.1) is 0 Å². The Morgan fingerprint density at radius 3 is 2.47 bits per heavy atom. The molecule has 4 rings (SSSR count). The summed E-state index contributed by atoms with van der Waals surface area (Å²) in [7, 11) is 0. The van der Waals surface area contributed by atoms with Gasteiger partial charge in [-0.3, -0.25) is 9.59 Å². The van der Waals surface area contributed by atoms with Crippen LogP contribution in [0.4, 0.5) is 5.69 Å². The maximum atomic E-state index is 12.8. The first-order chi connectivity index (χ1) is 14.5. The lowest BCUT2D eigenvalue weighted by Crippen LogP contribution is -2.34. The van der Waals surface area contributed by atoms with E-state index >= 15 is 0 Å². The van der Waals surface area contributed by atoms with Crippen molar-refractivity contribution in [3.05, 3.63) is 92.9 Å². The second kappa shape index (κ2) is 8.71. The summed E-state index contributed by atoms with van der Waals surface area (Å²) in [6.07, 6.45) is 2.16. The van der Waals surface area contributed by atoms with Crippen molar-refractivity contribution in [2.75, 3.05) is 11.9 Å². The van der Waals surface area contributed by atoms with Crippen LogP contribution < -0.4 is 10.9 Å². The highest BCUT2D eigenvalue weighted by Gasteiger charge is 2.32. The number of carbonyl (C=O) groups is 1. The number of amides is 1. The van der Waals surface area contributed by atoms with Gasteiger partial charge in [-0.2, -0.15) is 5.10 Å². The van der Waals surface area contributed by atoms with E-state index in [4.69, 9.17) is 11.6 Å². The predicted octanol–water partition coefficient (Wildman–Crippen LogP) is 3.47. The van der Waals surface area contributed by atoms with Crippen LogP contribution in [0.25, 0.3) is 0 Å². The zero-order chi connectivity index (χ0) is 21.1. The molecular formula is C23H23ClN4O2. The number of carbonyl (C=O) groups excluding carboxylic acids is 1. The smallest absolute Gasteiger partial charge is 0.287 e. The highest BCUT2D eigenvalue weighted by molar-refractivity contribution is 6.33. The molecule has 1 aromatic heterocycles. The molecule has 1 unspecified atom stereocenters. The molecule has 7 heteroatoms. The van der Waals surface area contributed by atoms with Gasteiger partial charge in [-0.05, 0) is 24.5 Å². The second-order valence-corrected chi connectivity index (χ2v) is 7.93. The predicted molar refractivity (Wildman–Crippen MR) is 118 cm³/mol. The minimum absolute atomic E-state index is 0.0000980. The lowest BCUT2D eigenvalue weighted by molar-refractivity contribution is -0.128. The van der Waals surface area contributed by atoms with Gasteiger partial charge in [0, 0.05) is 13.1 Å². The molecule has 0 saturated carbocycles. The Morgan fingerprint density at radius 2 is 1.73 bits per heavy atom. The molecule has 0 spiro atoms. The fourth-order valence-corrected chi connectivity index (χ4v) is 3.77. The summed E-state index contributed by atoms with van der Waals surface area (Å²) in [4.78, 5) is 27.2. The van der Waals surface area contributed by atoms with Gasteiger partial charge < -0.3 is 10.2 Å². The van der Waals surface area contributed by atoms with Gasteiger partial charge in [-0.1, -0.05) is 71.8 Å². The second-order valence-electron chi connectivity index (χ2n) is 7.55. The average molecular weight is 423 g/mol. The van der Waals surface area contributed by atoms with E-state index in [0.717, 1.165) is 11.1 Å². The van der Waals surface area contributed by atoms with Gasteiger partial charge in [0.1, 0.15) is 11.1 Å². The largest absolute Gasteiger partial charge is 0.371 e. The lowest BCUT2D eigenvalue weighted by atomic mass is 10.1. The Hall–Kier alpha value is -3.12. The van der Waals surface area contributed by atoms with Crippen molar-refractivity contribution in [1.82, 2.24) is 14.7 Å². The number of halogens is 1. The molecule has 1 saturated heterocycles. The quantitative estimate of drug-likeness (QED) is 0.660. The van der Waals surface area contributed by atoms with Gasteiger partial charge in [-0.25, -0.2) is 4.68 Å². The number of hydrogen-bond donors (Lipinski definition) is 1. The van der Waals surface area contributed by atoms with Gasteiger partial charge in [0.15, 0.2) is 0 Å². The summed E-state index contributed by atoms with van der Waals surface area (Å²) < 4.78 is 1.32. The standard InChI is InChI=1S/C23H23ClN4O2/c1-16-7-9-18(10-8-16)14-27-12-11-19(22(27)29)26-20-13-25-28(23(30)21(20)24)15-17-5-3-2-4-6-17/h2-10,13,19,26H,11-12,14-15H2,1H3. The van der Waals surface area contributed by atoms with Crippen LogP contribution in [-0.2, 0) is 17.9 Å². The number of aromatic nitrogens is 2. The highest BCUT2D eigenvalue weighted by atomic mass is 35.5. The summed E-state index contributed by atoms with van der Waals surface area (Å²) in [6.45, 7) is 3.60. The first-order valence-electron chi connectivity index (χ1n) is 9.91. The molecule has 0 aliphatic carbocycles. The third-order valence-corrected chi connectivity index (χ3v) is 5.65. The van der Waals surface area contributed by atoms with Gasteiger partial charge >= 0.3 is 0 Å². The molecule has 154 valence electrons. The Bertz CT molecular complexity index is 1100. The van der Waals surface area contributed by atoms with Gasteiger partial charge in [0.05, 0.1) is 18.4 Å². The van der Waals surface area contributed by atoms with Crippen LogP contribution in [0.1, 0.15) is 23.1 Å². The van der Waals surface area contributed by atoms with Crippen LogP contribution >= 0.6 is 11.6 Å². The minimum atomic E-state index is -0.417. The Balaban J connectivity index is 1.44. The maximum absolute atomic E-state index is 12.8. The van der Waals surface area contributed by atoms with Crippen molar-refractivity contribution >= 4 is 23.2 Å². The normalized spacial score (nSPS) is 16.1. The Kier molecular flexibility index (Phi) is 5.86. The molecular weight excluding hydrogens is 400 g/mol. The summed E-state index contributed by atoms with van der Waals surface area (Å²) in [5, 5.41) is 7.39. The summed E-state index contributed by atoms with van der Waals surface area (Å²) in [5.41, 5.74) is 3.25. The van der Waals surface area contributed by atoms with Crippen LogP contribution in [0, 0.1) is 6.92 Å². The summed E-state index contributed by atoms with van der Waals surface area (Å²) in [6, 6.07) is 17.3. The third-order valence-electron chi connectivity index (χ3n) is 5.28. The molecule has 6 nitrogen and oxygen atoms in total. The van der Waals surface area contributed by atoms with E-state index in [1.165, 1.54) is 16.4 Å². The van der Waals surface area contributed by atoms with Gasteiger partial charge in [0.2, 0.25) is 5.91 Å². The van der Waals surface area contributed by atoms with Crippen LogP contribution in [0.5, 0.6) is 0 Å². The number of rotatable bonds is 6. The van der Waals surface area contributed by atoms with Crippen LogP contribution in [0.3, 0.4) is 0 Å². The Labute approximate surface area is 180 Å². The van der Waals surface area contributed by atoms with Crippen molar-refractivity contribution in [2.45, 2.75) is 32.5 Å². The molecule has 1 aliphatic rings. The van der Waals surface area contributed by atoms with E-state index < -0.39 is 6.04 Å².